The van der Waals surface area contributed by atoms with Gasteiger partial charge in [-0.2, -0.15) is 8.78 Å². The minimum absolute atomic E-state index is 0.0596. The predicted molar refractivity (Wildman–Crippen MR) is 75.8 cm³/mol. The average molecular weight is 368 g/mol. The van der Waals surface area contributed by atoms with Gasteiger partial charge in [-0.15, -0.1) is 0 Å². The summed E-state index contributed by atoms with van der Waals surface area (Å²) in [6.45, 7) is 1.27. The van der Waals surface area contributed by atoms with Gasteiger partial charge in [0.05, 0.1) is 25.3 Å². The molecule has 8 heteroatoms. The van der Waals surface area contributed by atoms with Crippen LogP contribution in [0, 0.1) is 0 Å². The van der Waals surface area contributed by atoms with Gasteiger partial charge in [0, 0.05) is 5.56 Å². The first-order chi connectivity index (χ1) is 9.79. The van der Waals surface area contributed by atoms with E-state index < -0.39 is 17.9 Å². The summed E-state index contributed by atoms with van der Waals surface area (Å²) in [5.74, 6) is -5.16. The van der Waals surface area contributed by atoms with Gasteiger partial charge in [-0.3, -0.25) is 0 Å². The largest absolute Gasteiger partial charge is 0.496 e. The molecule has 5 nitrogen and oxygen atoms in total. The van der Waals surface area contributed by atoms with Gasteiger partial charge >= 0.3 is 11.9 Å². The number of methoxy groups -OCH3 is 2. The highest BCUT2D eigenvalue weighted by Crippen LogP contribution is 2.40. The van der Waals surface area contributed by atoms with E-state index in [2.05, 4.69) is 20.7 Å². The predicted octanol–water partition coefficient (Wildman–Crippen LogP) is 2.66. The summed E-state index contributed by atoms with van der Waals surface area (Å²) in [4.78, 5) is 11.4. The Labute approximate surface area is 129 Å². The molecule has 0 spiro atoms. The molecule has 1 aromatic carbocycles. The Morgan fingerprint density at radius 3 is 2.38 bits per heavy atom. The third kappa shape index (κ3) is 3.62. The second kappa shape index (κ2) is 7.04. The lowest BCUT2D eigenvalue weighted by Gasteiger charge is -2.24. The van der Waals surface area contributed by atoms with E-state index in [0.29, 0.717) is 10.2 Å². The van der Waals surface area contributed by atoms with Crippen LogP contribution in [-0.4, -0.2) is 32.7 Å². The van der Waals surface area contributed by atoms with Crippen molar-refractivity contribution < 1.29 is 27.8 Å². The zero-order valence-electron chi connectivity index (χ0n) is 11.8. The molecule has 0 bridgehead atoms. The summed E-state index contributed by atoms with van der Waals surface area (Å²) >= 11 is 3.21. The summed E-state index contributed by atoms with van der Waals surface area (Å²) in [5, 5.41) is 0. The number of ether oxygens (including phenoxy) is 3. The van der Waals surface area contributed by atoms with E-state index in [1.807, 2.05) is 0 Å². The van der Waals surface area contributed by atoms with Crippen LogP contribution < -0.4 is 15.2 Å². The van der Waals surface area contributed by atoms with Gasteiger partial charge in [-0.05, 0) is 35.0 Å². The number of esters is 1. The van der Waals surface area contributed by atoms with Crippen molar-refractivity contribution in [3.8, 4) is 11.5 Å². The topological polar surface area (TPSA) is 70.8 Å². The number of benzene rings is 1. The molecule has 0 amide bonds. The van der Waals surface area contributed by atoms with Crippen molar-refractivity contribution in [2.75, 3.05) is 20.8 Å². The van der Waals surface area contributed by atoms with E-state index in [-0.39, 0.29) is 17.9 Å². The number of rotatable bonds is 6. The van der Waals surface area contributed by atoms with Crippen molar-refractivity contribution in [2.45, 2.75) is 18.9 Å². The number of halogens is 3. The third-order valence-electron chi connectivity index (χ3n) is 2.78. The Hall–Kier alpha value is -1.41. The Kier molecular flexibility index (Phi) is 5.91. The first kappa shape index (κ1) is 17.6. The summed E-state index contributed by atoms with van der Waals surface area (Å²) in [6.07, 6.45) is 0. The zero-order valence-corrected chi connectivity index (χ0v) is 13.4. The molecule has 21 heavy (non-hydrogen) atoms. The Balaban J connectivity index is 3.28. The van der Waals surface area contributed by atoms with E-state index in [4.69, 9.17) is 15.2 Å². The quantitative estimate of drug-likeness (QED) is 0.782. The number of nitrogens with two attached hydrogens (primary N) is 1. The Morgan fingerprint density at radius 2 is 1.90 bits per heavy atom. The molecule has 0 saturated carbocycles. The molecule has 0 heterocycles. The zero-order chi connectivity index (χ0) is 16.2. The highest BCUT2D eigenvalue weighted by Gasteiger charge is 2.49. The molecule has 0 saturated heterocycles. The molecule has 0 aliphatic rings. The summed E-state index contributed by atoms with van der Waals surface area (Å²) in [7, 11) is 2.69. The van der Waals surface area contributed by atoms with E-state index in [0.717, 1.165) is 0 Å². The van der Waals surface area contributed by atoms with Gasteiger partial charge in [0.25, 0.3) is 0 Å². The van der Waals surface area contributed by atoms with Crippen molar-refractivity contribution in [1.82, 2.24) is 0 Å². The standard InChI is InChI=1S/C13H16BrF2NO4/c1-4-21-12(18)13(15,16)11(17)7-5-10(20-3)8(14)6-9(7)19-2/h5-6,11H,4,17H2,1-3H3/t11-/m0/s1. The van der Waals surface area contributed by atoms with Crippen LogP contribution in [0.1, 0.15) is 18.5 Å². The lowest BCUT2D eigenvalue weighted by atomic mass is 10.00. The van der Waals surface area contributed by atoms with E-state index in [1.165, 1.54) is 33.3 Å². The highest BCUT2D eigenvalue weighted by molar-refractivity contribution is 9.10. The number of carbonyl (C=O) groups excluding carboxylic acids is 1. The molecule has 0 aliphatic carbocycles. The van der Waals surface area contributed by atoms with Crippen LogP contribution in [0.3, 0.4) is 0 Å². The molecule has 1 rings (SSSR count). The van der Waals surface area contributed by atoms with Crippen LogP contribution >= 0.6 is 15.9 Å². The molecular formula is C13H16BrF2NO4. The second-order valence-corrected chi connectivity index (χ2v) is 4.90. The summed E-state index contributed by atoms with van der Waals surface area (Å²) in [5.41, 5.74) is 5.49. The van der Waals surface area contributed by atoms with Crippen molar-refractivity contribution >= 4 is 21.9 Å². The number of hydrogen-bond acceptors (Lipinski definition) is 5. The normalized spacial score (nSPS) is 12.7. The molecular weight excluding hydrogens is 352 g/mol. The fraction of sp³-hybridized carbons (Fsp3) is 0.462. The maximum Gasteiger partial charge on any atom is 0.379 e. The van der Waals surface area contributed by atoms with E-state index in [9.17, 15) is 13.6 Å². The van der Waals surface area contributed by atoms with Crippen LogP contribution in [0.4, 0.5) is 8.78 Å². The number of alkyl halides is 2. The smallest absolute Gasteiger partial charge is 0.379 e. The first-order valence-corrected chi connectivity index (χ1v) is 6.80. The van der Waals surface area contributed by atoms with Crippen molar-refractivity contribution in [3.05, 3.63) is 22.2 Å². The van der Waals surface area contributed by atoms with Crippen molar-refractivity contribution in [3.63, 3.8) is 0 Å². The lowest BCUT2D eigenvalue weighted by Crippen LogP contribution is -2.41. The molecule has 1 aromatic rings. The SMILES string of the molecule is CCOC(=O)C(F)(F)[C@@H](N)c1cc(OC)c(Br)cc1OC. The summed E-state index contributed by atoms with van der Waals surface area (Å²) in [6, 6.07) is 0.809. The minimum Gasteiger partial charge on any atom is -0.496 e. The fourth-order valence-electron chi connectivity index (χ4n) is 1.68. The number of carbonyl (C=O) groups is 1. The van der Waals surface area contributed by atoms with Crippen LogP contribution in [0.15, 0.2) is 16.6 Å². The van der Waals surface area contributed by atoms with Crippen LogP contribution in [0.5, 0.6) is 11.5 Å². The van der Waals surface area contributed by atoms with Gasteiger partial charge in [-0.25, -0.2) is 4.79 Å². The van der Waals surface area contributed by atoms with Gasteiger partial charge in [0.15, 0.2) is 0 Å². The molecule has 118 valence electrons. The maximum atomic E-state index is 14.0. The highest BCUT2D eigenvalue weighted by atomic mass is 79.9. The number of hydrogen-bond donors (Lipinski definition) is 1. The maximum absolute atomic E-state index is 14.0. The van der Waals surface area contributed by atoms with Crippen molar-refractivity contribution in [2.24, 2.45) is 5.73 Å². The molecule has 0 aliphatic heterocycles. The van der Waals surface area contributed by atoms with E-state index >= 15 is 0 Å². The lowest BCUT2D eigenvalue weighted by molar-refractivity contribution is -0.174. The average Bonchev–Trinajstić information content (AvgIpc) is 2.46. The van der Waals surface area contributed by atoms with E-state index in [1.54, 1.807) is 0 Å². The third-order valence-corrected chi connectivity index (χ3v) is 3.40. The molecule has 0 aromatic heterocycles. The van der Waals surface area contributed by atoms with Crippen molar-refractivity contribution in [1.29, 1.82) is 0 Å². The van der Waals surface area contributed by atoms with Crippen LogP contribution in [0.25, 0.3) is 0 Å². The van der Waals surface area contributed by atoms with Gasteiger partial charge in [0.2, 0.25) is 0 Å². The van der Waals surface area contributed by atoms with Crippen LogP contribution in [-0.2, 0) is 9.53 Å². The first-order valence-electron chi connectivity index (χ1n) is 6.01. The molecule has 1 atom stereocenters. The minimum atomic E-state index is -3.89. The van der Waals surface area contributed by atoms with Gasteiger partial charge in [-0.1, -0.05) is 0 Å². The Bertz CT molecular complexity index is 525. The molecule has 0 unspecified atom stereocenters. The van der Waals surface area contributed by atoms with Gasteiger partial charge in [0.1, 0.15) is 17.5 Å². The molecule has 0 radical (unpaired) electrons. The molecule has 2 N–H and O–H groups in total. The van der Waals surface area contributed by atoms with Crippen LogP contribution in [0.2, 0.25) is 0 Å². The second-order valence-electron chi connectivity index (χ2n) is 4.05. The van der Waals surface area contributed by atoms with Gasteiger partial charge < -0.3 is 19.9 Å². The monoisotopic (exact) mass is 367 g/mol. The Morgan fingerprint density at radius 1 is 1.33 bits per heavy atom. The summed E-state index contributed by atoms with van der Waals surface area (Å²) < 4.78 is 43.0. The fourth-order valence-corrected chi connectivity index (χ4v) is 2.16. The molecule has 0 fully saturated rings.